The van der Waals surface area contributed by atoms with E-state index in [1.165, 1.54) is 11.3 Å². The van der Waals surface area contributed by atoms with E-state index in [1.807, 2.05) is 0 Å². The molecule has 1 aromatic rings. The molecule has 0 saturated carbocycles. The lowest BCUT2D eigenvalue weighted by Crippen LogP contribution is -2.23. The van der Waals surface area contributed by atoms with Crippen molar-refractivity contribution in [2.75, 3.05) is 5.32 Å². The fraction of sp³-hybridized carbons (Fsp3) is 0.667. The summed E-state index contributed by atoms with van der Waals surface area (Å²) in [6.07, 6.45) is 6.69. The number of Topliss-reactive ketones (excluding diaryl/α,β-unsaturated/α-hetero) is 1. The number of nitrogens with one attached hydrogen (secondary N) is 1. The second kappa shape index (κ2) is 5.18. The van der Waals surface area contributed by atoms with Crippen molar-refractivity contribution in [2.24, 2.45) is 5.92 Å². The molecule has 2 fully saturated rings. The average Bonchev–Trinajstić information content (AvgIpc) is 3.13. The SMILES string of the molecule is O=C(CC1CC2CCC1O2)Nc1nc2c(s1)C(=O)CCC2. The van der Waals surface area contributed by atoms with E-state index < -0.39 is 0 Å². The zero-order valence-corrected chi connectivity index (χ0v) is 12.6. The van der Waals surface area contributed by atoms with E-state index in [4.69, 9.17) is 4.74 Å². The number of ether oxygens (including phenoxy) is 1. The molecule has 1 aliphatic carbocycles. The van der Waals surface area contributed by atoms with Gasteiger partial charge in [-0.25, -0.2) is 4.98 Å². The summed E-state index contributed by atoms with van der Waals surface area (Å²) in [6, 6.07) is 0. The molecule has 2 bridgehead atoms. The minimum Gasteiger partial charge on any atom is -0.375 e. The van der Waals surface area contributed by atoms with Gasteiger partial charge in [-0.15, -0.1) is 0 Å². The number of amides is 1. The highest BCUT2D eigenvalue weighted by Gasteiger charge is 2.41. The van der Waals surface area contributed by atoms with Gasteiger partial charge >= 0.3 is 0 Å². The summed E-state index contributed by atoms with van der Waals surface area (Å²) >= 11 is 1.32. The molecule has 2 aliphatic heterocycles. The lowest BCUT2D eigenvalue weighted by Gasteiger charge is -2.17. The molecule has 0 radical (unpaired) electrons. The predicted octanol–water partition coefficient (Wildman–Crippen LogP) is 2.56. The number of nitrogens with zero attached hydrogens (tertiary/aromatic N) is 1. The van der Waals surface area contributed by atoms with Crippen LogP contribution in [0.2, 0.25) is 0 Å². The number of aryl methyl sites for hydroxylation is 1. The number of hydrogen-bond donors (Lipinski definition) is 1. The summed E-state index contributed by atoms with van der Waals surface area (Å²) in [4.78, 5) is 29.1. The maximum absolute atomic E-state index is 12.2. The van der Waals surface area contributed by atoms with Crippen LogP contribution in [-0.2, 0) is 16.0 Å². The third kappa shape index (κ3) is 2.51. The van der Waals surface area contributed by atoms with E-state index in [2.05, 4.69) is 10.3 Å². The molecular formula is C15H18N2O3S. The van der Waals surface area contributed by atoms with Crippen molar-refractivity contribution >= 4 is 28.2 Å². The predicted molar refractivity (Wildman–Crippen MR) is 78.6 cm³/mol. The number of rotatable bonds is 3. The Hall–Kier alpha value is -1.27. The second-order valence-corrected chi connectivity index (χ2v) is 7.19. The highest BCUT2D eigenvalue weighted by Crippen LogP contribution is 2.40. The first-order valence-corrected chi connectivity index (χ1v) is 8.49. The first-order chi connectivity index (χ1) is 10.2. The van der Waals surface area contributed by atoms with Crippen LogP contribution in [0.4, 0.5) is 5.13 Å². The molecule has 21 heavy (non-hydrogen) atoms. The Morgan fingerprint density at radius 1 is 1.38 bits per heavy atom. The number of hydrogen-bond acceptors (Lipinski definition) is 5. The quantitative estimate of drug-likeness (QED) is 0.932. The topological polar surface area (TPSA) is 68.3 Å². The average molecular weight is 306 g/mol. The maximum Gasteiger partial charge on any atom is 0.226 e. The standard InChI is InChI=1S/C15H18N2O3S/c18-11-3-1-2-10-14(11)21-15(16-10)17-13(19)7-8-6-9-4-5-12(8)20-9/h8-9,12H,1-7H2,(H,16,17,19). The van der Waals surface area contributed by atoms with Gasteiger partial charge in [0.05, 0.1) is 22.8 Å². The number of fused-ring (bicyclic) bond motifs is 3. The number of anilines is 1. The van der Waals surface area contributed by atoms with Gasteiger partial charge in [0, 0.05) is 12.8 Å². The molecule has 1 amide bonds. The third-order valence-electron chi connectivity index (χ3n) is 4.69. The molecule has 3 heterocycles. The molecule has 0 spiro atoms. The Labute approximate surface area is 127 Å². The number of carbonyl (C=O) groups excluding carboxylic acids is 2. The molecule has 0 aromatic carbocycles. The van der Waals surface area contributed by atoms with Crippen LogP contribution in [0, 0.1) is 5.92 Å². The summed E-state index contributed by atoms with van der Waals surface area (Å²) < 4.78 is 5.78. The Bertz CT molecular complexity index is 598. The molecule has 5 nitrogen and oxygen atoms in total. The molecule has 1 aromatic heterocycles. The van der Waals surface area contributed by atoms with Gasteiger partial charge in [-0.1, -0.05) is 11.3 Å². The third-order valence-corrected chi connectivity index (χ3v) is 5.75. The van der Waals surface area contributed by atoms with E-state index in [0.29, 0.717) is 30.0 Å². The molecule has 4 rings (SSSR count). The van der Waals surface area contributed by atoms with Crippen LogP contribution in [0.5, 0.6) is 0 Å². The van der Waals surface area contributed by atoms with Crippen molar-refractivity contribution < 1.29 is 14.3 Å². The van der Waals surface area contributed by atoms with Gasteiger partial charge in [-0.2, -0.15) is 0 Å². The van der Waals surface area contributed by atoms with Crippen molar-refractivity contribution in [1.29, 1.82) is 0 Å². The molecule has 6 heteroatoms. The fourth-order valence-corrected chi connectivity index (χ4v) is 4.68. The van der Waals surface area contributed by atoms with Crippen LogP contribution in [0.25, 0.3) is 0 Å². The maximum atomic E-state index is 12.2. The largest absolute Gasteiger partial charge is 0.375 e. The van der Waals surface area contributed by atoms with Crippen molar-refractivity contribution in [3.63, 3.8) is 0 Å². The summed E-state index contributed by atoms with van der Waals surface area (Å²) in [5.41, 5.74) is 0.856. The Morgan fingerprint density at radius 3 is 3.00 bits per heavy atom. The van der Waals surface area contributed by atoms with Gasteiger partial charge in [-0.05, 0) is 38.0 Å². The molecule has 2 saturated heterocycles. The van der Waals surface area contributed by atoms with E-state index in [0.717, 1.165) is 42.7 Å². The summed E-state index contributed by atoms with van der Waals surface area (Å²) in [5, 5.41) is 3.44. The highest BCUT2D eigenvalue weighted by molar-refractivity contribution is 7.17. The van der Waals surface area contributed by atoms with Gasteiger partial charge in [0.1, 0.15) is 0 Å². The highest BCUT2D eigenvalue weighted by atomic mass is 32.1. The monoisotopic (exact) mass is 306 g/mol. The smallest absolute Gasteiger partial charge is 0.226 e. The molecule has 3 atom stereocenters. The minimum atomic E-state index is -0.00491. The summed E-state index contributed by atoms with van der Waals surface area (Å²) in [5.74, 6) is 0.505. The zero-order valence-electron chi connectivity index (χ0n) is 11.8. The number of aromatic nitrogens is 1. The number of carbonyl (C=O) groups is 2. The summed E-state index contributed by atoms with van der Waals surface area (Å²) in [6.45, 7) is 0. The Morgan fingerprint density at radius 2 is 2.29 bits per heavy atom. The molecular weight excluding hydrogens is 288 g/mol. The minimum absolute atomic E-state index is 0.00491. The lowest BCUT2D eigenvalue weighted by molar-refractivity contribution is -0.117. The van der Waals surface area contributed by atoms with Gasteiger partial charge in [0.25, 0.3) is 0 Å². The van der Waals surface area contributed by atoms with E-state index >= 15 is 0 Å². The van der Waals surface area contributed by atoms with Gasteiger partial charge in [-0.3, -0.25) is 9.59 Å². The fourth-order valence-electron chi connectivity index (χ4n) is 3.69. The molecule has 3 aliphatic rings. The normalized spacial score (nSPS) is 30.5. The van der Waals surface area contributed by atoms with Gasteiger partial charge in [0.15, 0.2) is 10.9 Å². The zero-order chi connectivity index (χ0) is 14.4. The van der Waals surface area contributed by atoms with E-state index in [9.17, 15) is 9.59 Å². The molecule has 112 valence electrons. The first kappa shape index (κ1) is 13.4. The Kier molecular flexibility index (Phi) is 3.30. The van der Waals surface area contributed by atoms with Gasteiger partial charge < -0.3 is 10.1 Å². The number of ketones is 1. The lowest BCUT2D eigenvalue weighted by atomic mass is 9.87. The van der Waals surface area contributed by atoms with Crippen molar-refractivity contribution in [2.45, 2.75) is 57.2 Å². The number of thiazole rings is 1. The van der Waals surface area contributed by atoms with Crippen LogP contribution in [0.1, 0.15) is 53.9 Å². The van der Waals surface area contributed by atoms with E-state index in [-0.39, 0.29) is 17.8 Å². The van der Waals surface area contributed by atoms with Crippen LogP contribution in [0.15, 0.2) is 0 Å². The van der Waals surface area contributed by atoms with Gasteiger partial charge in [0.2, 0.25) is 5.91 Å². The van der Waals surface area contributed by atoms with Crippen LogP contribution in [-0.4, -0.2) is 28.9 Å². The second-order valence-electron chi connectivity index (χ2n) is 6.19. The van der Waals surface area contributed by atoms with Crippen LogP contribution < -0.4 is 5.32 Å². The van der Waals surface area contributed by atoms with Crippen molar-refractivity contribution in [3.05, 3.63) is 10.6 Å². The Balaban J connectivity index is 1.39. The summed E-state index contributed by atoms with van der Waals surface area (Å²) in [7, 11) is 0. The van der Waals surface area contributed by atoms with Crippen LogP contribution in [0.3, 0.4) is 0 Å². The molecule has 3 unspecified atom stereocenters. The van der Waals surface area contributed by atoms with Crippen LogP contribution >= 0.6 is 11.3 Å². The van der Waals surface area contributed by atoms with Crippen molar-refractivity contribution in [1.82, 2.24) is 4.98 Å². The van der Waals surface area contributed by atoms with E-state index in [1.54, 1.807) is 0 Å². The molecule has 1 N–H and O–H groups in total. The first-order valence-electron chi connectivity index (χ1n) is 7.67. The van der Waals surface area contributed by atoms with Crippen molar-refractivity contribution in [3.8, 4) is 0 Å².